The van der Waals surface area contributed by atoms with Crippen LogP contribution in [0.25, 0.3) is 0 Å². The van der Waals surface area contributed by atoms with Gasteiger partial charge < -0.3 is 4.57 Å². The van der Waals surface area contributed by atoms with Crippen molar-refractivity contribution in [2.45, 2.75) is 70.2 Å². The molecular formula is C13H22ClN3. The van der Waals surface area contributed by atoms with Crippen LogP contribution in [0.3, 0.4) is 0 Å². The van der Waals surface area contributed by atoms with E-state index in [1.165, 1.54) is 38.5 Å². The molecular weight excluding hydrogens is 234 g/mol. The van der Waals surface area contributed by atoms with Crippen LogP contribution in [0, 0.1) is 0 Å². The summed E-state index contributed by atoms with van der Waals surface area (Å²) in [6.45, 7) is 4.36. The Labute approximate surface area is 109 Å². The monoisotopic (exact) mass is 255 g/mol. The molecule has 0 N–H and O–H groups in total. The Hall–Kier alpha value is -0.570. The van der Waals surface area contributed by atoms with E-state index in [9.17, 15) is 0 Å². The normalized spacial score (nSPS) is 18.6. The van der Waals surface area contributed by atoms with Crippen LogP contribution in [0.15, 0.2) is 0 Å². The average Bonchev–Trinajstić information content (AvgIpc) is 2.56. The maximum Gasteiger partial charge on any atom is 0.148 e. The number of rotatable bonds is 3. The van der Waals surface area contributed by atoms with Crippen LogP contribution in [0.2, 0.25) is 0 Å². The molecule has 96 valence electrons. The molecule has 1 fully saturated rings. The van der Waals surface area contributed by atoms with Crippen molar-refractivity contribution < 1.29 is 0 Å². The Morgan fingerprint density at radius 3 is 2.35 bits per heavy atom. The van der Waals surface area contributed by atoms with E-state index in [1.807, 2.05) is 0 Å². The summed E-state index contributed by atoms with van der Waals surface area (Å²) >= 11 is 5.94. The van der Waals surface area contributed by atoms with Gasteiger partial charge in [0.1, 0.15) is 11.6 Å². The minimum atomic E-state index is 0.400. The van der Waals surface area contributed by atoms with Crippen LogP contribution < -0.4 is 0 Å². The van der Waals surface area contributed by atoms with Crippen LogP contribution in [0.1, 0.15) is 76.0 Å². The Morgan fingerprint density at radius 1 is 1.18 bits per heavy atom. The maximum absolute atomic E-state index is 5.94. The van der Waals surface area contributed by atoms with Crippen molar-refractivity contribution in [3.63, 3.8) is 0 Å². The Kier molecular flexibility index (Phi) is 4.43. The molecule has 0 aromatic carbocycles. The van der Waals surface area contributed by atoms with Gasteiger partial charge in [-0.2, -0.15) is 0 Å². The van der Waals surface area contributed by atoms with Gasteiger partial charge in [0.25, 0.3) is 0 Å². The van der Waals surface area contributed by atoms with Gasteiger partial charge in [0.05, 0.1) is 5.88 Å². The smallest absolute Gasteiger partial charge is 0.148 e. The minimum absolute atomic E-state index is 0.400. The van der Waals surface area contributed by atoms with Crippen LogP contribution in [-0.2, 0) is 5.88 Å². The van der Waals surface area contributed by atoms with E-state index in [0.717, 1.165) is 11.6 Å². The van der Waals surface area contributed by atoms with Gasteiger partial charge in [-0.15, -0.1) is 21.8 Å². The zero-order valence-electron chi connectivity index (χ0n) is 10.8. The summed E-state index contributed by atoms with van der Waals surface area (Å²) in [5, 5.41) is 8.64. The van der Waals surface area contributed by atoms with Crippen LogP contribution in [0.4, 0.5) is 0 Å². The van der Waals surface area contributed by atoms with Gasteiger partial charge in [-0.3, -0.25) is 0 Å². The van der Waals surface area contributed by atoms with Crippen molar-refractivity contribution in [3.05, 3.63) is 11.6 Å². The van der Waals surface area contributed by atoms with Crippen molar-refractivity contribution in [2.24, 2.45) is 0 Å². The number of halogens is 1. The van der Waals surface area contributed by atoms with Crippen molar-refractivity contribution in [3.8, 4) is 0 Å². The molecule has 1 saturated carbocycles. The fourth-order valence-corrected chi connectivity index (χ4v) is 2.99. The molecule has 3 nitrogen and oxygen atoms in total. The molecule has 0 saturated heterocycles. The second-order valence-electron chi connectivity index (χ2n) is 5.26. The van der Waals surface area contributed by atoms with E-state index < -0.39 is 0 Å². The lowest BCUT2D eigenvalue weighted by atomic mass is 9.99. The van der Waals surface area contributed by atoms with Crippen molar-refractivity contribution in [1.82, 2.24) is 14.8 Å². The maximum atomic E-state index is 5.94. The van der Waals surface area contributed by atoms with Gasteiger partial charge in [0.2, 0.25) is 0 Å². The lowest BCUT2D eigenvalue weighted by Gasteiger charge is -2.18. The standard InChI is InChI=1S/C13H22ClN3/c1-10(2)17-12(9-14)15-16-13(17)11-7-5-3-4-6-8-11/h10-11H,3-9H2,1-2H3. The average molecular weight is 256 g/mol. The predicted octanol–water partition coefficient (Wildman–Crippen LogP) is 4.04. The molecule has 0 bridgehead atoms. The first-order valence-electron chi connectivity index (χ1n) is 6.73. The molecule has 0 spiro atoms. The highest BCUT2D eigenvalue weighted by Crippen LogP contribution is 2.32. The van der Waals surface area contributed by atoms with Gasteiger partial charge in [-0.25, -0.2) is 0 Å². The van der Waals surface area contributed by atoms with Gasteiger partial charge >= 0.3 is 0 Å². The van der Waals surface area contributed by atoms with Crippen LogP contribution in [-0.4, -0.2) is 14.8 Å². The summed E-state index contributed by atoms with van der Waals surface area (Å²) in [5.74, 6) is 3.13. The molecule has 17 heavy (non-hydrogen) atoms. The molecule has 0 atom stereocenters. The SMILES string of the molecule is CC(C)n1c(CCl)nnc1C1CCCCCC1. The summed E-state index contributed by atoms with van der Waals surface area (Å²) in [7, 11) is 0. The van der Waals surface area contributed by atoms with E-state index >= 15 is 0 Å². The lowest BCUT2D eigenvalue weighted by molar-refractivity contribution is 0.483. The van der Waals surface area contributed by atoms with Crippen LogP contribution in [0.5, 0.6) is 0 Å². The number of aromatic nitrogens is 3. The van der Waals surface area contributed by atoms with E-state index in [4.69, 9.17) is 11.6 Å². The zero-order chi connectivity index (χ0) is 12.3. The zero-order valence-corrected chi connectivity index (χ0v) is 11.6. The fourth-order valence-electron chi connectivity index (χ4n) is 2.81. The lowest BCUT2D eigenvalue weighted by Crippen LogP contribution is -2.13. The third-order valence-electron chi connectivity index (χ3n) is 3.65. The summed E-state index contributed by atoms with van der Waals surface area (Å²) in [5.41, 5.74) is 0. The second kappa shape index (κ2) is 5.85. The van der Waals surface area contributed by atoms with Gasteiger partial charge in [0, 0.05) is 12.0 Å². The molecule has 1 heterocycles. The summed E-state index contributed by atoms with van der Waals surface area (Å²) < 4.78 is 2.24. The van der Waals surface area contributed by atoms with Gasteiger partial charge in [-0.05, 0) is 26.7 Å². The quantitative estimate of drug-likeness (QED) is 0.603. The first-order valence-corrected chi connectivity index (χ1v) is 7.27. The largest absolute Gasteiger partial charge is 0.311 e. The highest BCUT2D eigenvalue weighted by molar-refractivity contribution is 6.16. The Bertz CT molecular complexity index is 352. The van der Waals surface area contributed by atoms with E-state index in [-0.39, 0.29) is 0 Å². The molecule has 0 radical (unpaired) electrons. The molecule has 1 aromatic rings. The van der Waals surface area contributed by atoms with E-state index in [2.05, 4.69) is 28.6 Å². The summed E-state index contributed by atoms with van der Waals surface area (Å²) in [6.07, 6.45) is 7.90. The molecule has 2 rings (SSSR count). The number of hydrogen-bond donors (Lipinski definition) is 0. The third kappa shape index (κ3) is 2.82. The fraction of sp³-hybridized carbons (Fsp3) is 0.846. The molecule has 1 aliphatic rings. The molecule has 1 aliphatic carbocycles. The van der Waals surface area contributed by atoms with E-state index in [0.29, 0.717) is 17.8 Å². The molecule has 0 aliphatic heterocycles. The topological polar surface area (TPSA) is 30.7 Å². The summed E-state index contributed by atoms with van der Waals surface area (Å²) in [4.78, 5) is 0. The number of hydrogen-bond acceptors (Lipinski definition) is 2. The first-order chi connectivity index (χ1) is 8.24. The predicted molar refractivity (Wildman–Crippen MR) is 70.4 cm³/mol. The molecule has 0 unspecified atom stereocenters. The Balaban J connectivity index is 2.26. The third-order valence-corrected chi connectivity index (χ3v) is 3.89. The van der Waals surface area contributed by atoms with Crippen LogP contribution >= 0.6 is 11.6 Å². The number of alkyl halides is 1. The number of nitrogens with zero attached hydrogens (tertiary/aromatic N) is 3. The second-order valence-corrected chi connectivity index (χ2v) is 5.53. The summed E-state index contributed by atoms with van der Waals surface area (Å²) in [6, 6.07) is 0.400. The highest BCUT2D eigenvalue weighted by atomic mass is 35.5. The molecule has 4 heteroatoms. The van der Waals surface area contributed by atoms with Gasteiger partial charge in [0.15, 0.2) is 0 Å². The molecule has 1 aromatic heterocycles. The van der Waals surface area contributed by atoms with Gasteiger partial charge in [-0.1, -0.05) is 25.7 Å². The Morgan fingerprint density at radius 2 is 1.82 bits per heavy atom. The van der Waals surface area contributed by atoms with Crippen molar-refractivity contribution in [1.29, 1.82) is 0 Å². The van der Waals surface area contributed by atoms with E-state index in [1.54, 1.807) is 0 Å². The van der Waals surface area contributed by atoms with Crippen molar-refractivity contribution >= 4 is 11.6 Å². The highest BCUT2D eigenvalue weighted by Gasteiger charge is 2.23. The first kappa shape index (κ1) is 12.9. The molecule has 0 amide bonds. The minimum Gasteiger partial charge on any atom is -0.311 e. The van der Waals surface area contributed by atoms with Crippen molar-refractivity contribution in [2.75, 3.05) is 0 Å².